The normalized spacial score (nSPS) is 14.3. The Morgan fingerprint density at radius 3 is 1.94 bits per heavy atom. The van der Waals surface area contributed by atoms with Crippen molar-refractivity contribution >= 4 is 17.9 Å². The molecule has 1 rings (SSSR count). The number of nitrogens with zero attached hydrogens (tertiary/aromatic N) is 1. The summed E-state index contributed by atoms with van der Waals surface area (Å²) in [6.07, 6.45) is 2.02. The van der Waals surface area contributed by atoms with Gasteiger partial charge in [0.15, 0.2) is 0 Å². The molecule has 3 unspecified atom stereocenters. The highest BCUT2D eigenvalue weighted by molar-refractivity contribution is 5.92. The fourth-order valence-electron chi connectivity index (χ4n) is 3.99. The Morgan fingerprint density at radius 2 is 1.51 bits per heavy atom. The summed E-state index contributed by atoms with van der Waals surface area (Å²) in [5, 5.41) is 5.84. The third-order valence-electron chi connectivity index (χ3n) is 5.76. The zero-order valence-electron chi connectivity index (χ0n) is 23.4. The topological polar surface area (TPSA) is 87.7 Å². The van der Waals surface area contributed by atoms with Crippen LogP contribution in [0.5, 0.6) is 0 Å². The lowest BCUT2D eigenvalue weighted by Gasteiger charge is -2.38. The molecular formula is C28H47N3O4. The van der Waals surface area contributed by atoms with E-state index in [1.165, 1.54) is 0 Å². The summed E-state index contributed by atoms with van der Waals surface area (Å²) in [5.41, 5.74) is 1.21. The van der Waals surface area contributed by atoms with Crippen molar-refractivity contribution in [2.75, 3.05) is 0 Å². The monoisotopic (exact) mass is 489 g/mol. The lowest BCUT2D eigenvalue weighted by Crippen LogP contribution is -2.57. The number of rotatable bonds is 11. The molecule has 0 aliphatic heterocycles. The Kier molecular flexibility index (Phi) is 11.7. The number of ether oxygens (including phenoxy) is 1. The molecule has 3 atom stereocenters. The molecule has 3 amide bonds. The van der Waals surface area contributed by atoms with E-state index in [9.17, 15) is 14.4 Å². The van der Waals surface area contributed by atoms with Gasteiger partial charge < -0.3 is 20.3 Å². The Labute approximate surface area is 212 Å². The van der Waals surface area contributed by atoms with Crippen LogP contribution < -0.4 is 10.6 Å². The molecule has 0 saturated heterocycles. The molecule has 0 radical (unpaired) electrons. The summed E-state index contributed by atoms with van der Waals surface area (Å²) in [7, 11) is 0. The third-order valence-corrected chi connectivity index (χ3v) is 5.76. The van der Waals surface area contributed by atoms with Crippen LogP contribution in [0.4, 0.5) is 4.79 Å². The van der Waals surface area contributed by atoms with Crippen molar-refractivity contribution in [3.8, 4) is 0 Å². The zero-order valence-corrected chi connectivity index (χ0v) is 23.4. The average molecular weight is 490 g/mol. The van der Waals surface area contributed by atoms with E-state index in [4.69, 9.17) is 4.74 Å². The number of hydrogen-bond acceptors (Lipinski definition) is 4. The molecule has 2 N–H and O–H groups in total. The maximum absolute atomic E-state index is 14.0. The molecule has 0 fully saturated rings. The fourth-order valence-corrected chi connectivity index (χ4v) is 3.99. The zero-order chi connectivity index (χ0) is 26.9. The number of carbonyl (C=O) groups is 3. The molecule has 0 bridgehead atoms. The highest BCUT2D eigenvalue weighted by atomic mass is 16.6. The molecule has 0 heterocycles. The number of amides is 3. The second-order valence-corrected chi connectivity index (χ2v) is 10.9. The molecule has 0 spiro atoms. The molecule has 1 aromatic carbocycles. The first-order valence-corrected chi connectivity index (χ1v) is 12.9. The molecule has 0 aromatic heterocycles. The van der Waals surface area contributed by atoms with Crippen LogP contribution in [0, 0.1) is 5.92 Å². The van der Waals surface area contributed by atoms with Crippen molar-refractivity contribution < 1.29 is 19.1 Å². The standard InChI is InChI=1S/C28H47N3O4/c1-11-13-20(7)29-25(32)24(22-16-14-21(12-2)15-17-22)31(19(5)6)26(33)23(18(3)4)30-27(34)35-28(8,9)10/h14-20,23-24H,11-13H2,1-10H3,(H,29,32)(H,30,34). The van der Waals surface area contributed by atoms with Gasteiger partial charge in [-0.3, -0.25) is 9.59 Å². The van der Waals surface area contributed by atoms with Gasteiger partial charge in [-0.15, -0.1) is 0 Å². The molecule has 35 heavy (non-hydrogen) atoms. The van der Waals surface area contributed by atoms with Gasteiger partial charge in [0.2, 0.25) is 11.8 Å². The van der Waals surface area contributed by atoms with Crippen LogP contribution in [0.2, 0.25) is 0 Å². The molecule has 0 aliphatic carbocycles. The number of nitrogens with one attached hydrogen (secondary N) is 2. The summed E-state index contributed by atoms with van der Waals surface area (Å²) in [5.74, 6) is -0.748. The highest BCUT2D eigenvalue weighted by Crippen LogP contribution is 2.27. The van der Waals surface area contributed by atoms with Crippen LogP contribution in [0.15, 0.2) is 24.3 Å². The lowest BCUT2D eigenvalue weighted by molar-refractivity contribution is -0.145. The molecule has 1 aromatic rings. The van der Waals surface area contributed by atoms with E-state index in [2.05, 4.69) is 24.5 Å². The Balaban J connectivity index is 3.44. The smallest absolute Gasteiger partial charge is 0.408 e. The number of carbonyl (C=O) groups excluding carboxylic acids is 3. The molecule has 7 heteroatoms. The quantitative estimate of drug-likeness (QED) is 0.437. The maximum atomic E-state index is 14.0. The van der Waals surface area contributed by atoms with Gasteiger partial charge >= 0.3 is 6.09 Å². The average Bonchev–Trinajstić information content (AvgIpc) is 2.73. The van der Waals surface area contributed by atoms with Crippen molar-refractivity contribution in [3.63, 3.8) is 0 Å². The summed E-state index contributed by atoms with van der Waals surface area (Å²) < 4.78 is 5.41. The number of aryl methyl sites for hydroxylation is 1. The SMILES string of the molecule is CCCC(C)NC(=O)C(c1ccc(CC)cc1)N(C(=O)C(NC(=O)OC(C)(C)C)C(C)C)C(C)C. The summed E-state index contributed by atoms with van der Waals surface area (Å²) in [4.78, 5) is 41.7. The first-order chi connectivity index (χ1) is 16.2. The van der Waals surface area contributed by atoms with E-state index in [1.54, 1.807) is 25.7 Å². The molecule has 0 saturated carbocycles. The summed E-state index contributed by atoms with van der Waals surface area (Å²) >= 11 is 0. The first-order valence-electron chi connectivity index (χ1n) is 12.9. The van der Waals surface area contributed by atoms with Crippen LogP contribution in [-0.4, -0.2) is 46.5 Å². The van der Waals surface area contributed by atoms with E-state index >= 15 is 0 Å². The number of hydrogen-bond donors (Lipinski definition) is 2. The predicted octanol–water partition coefficient (Wildman–Crippen LogP) is 5.38. The van der Waals surface area contributed by atoms with E-state index in [0.29, 0.717) is 0 Å². The third kappa shape index (κ3) is 9.54. The predicted molar refractivity (Wildman–Crippen MR) is 141 cm³/mol. The summed E-state index contributed by atoms with van der Waals surface area (Å²) in [6, 6.07) is 5.85. The van der Waals surface area contributed by atoms with Gasteiger partial charge in [-0.25, -0.2) is 4.79 Å². The molecule has 7 nitrogen and oxygen atoms in total. The van der Waals surface area contributed by atoms with E-state index in [0.717, 1.165) is 30.4 Å². The Hall–Kier alpha value is -2.57. The van der Waals surface area contributed by atoms with Gasteiger partial charge in [-0.1, -0.05) is 58.4 Å². The van der Waals surface area contributed by atoms with Gasteiger partial charge in [0, 0.05) is 12.1 Å². The second kappa shape index (κ2) is 13.5. The van der Waals surface area contributed by atoms with E-state index < -0.39 is 23.8 Å². The minimum atomic E-state index is -0.842. The number of benzene rings is 1. The second-order valence-electron chi connectivity index (χ2n) is 10.9. The molecular weight excluding hydrogens is 442 g/mol. The van der Waals surface area contributed by atoms with Gasteiger partial charge in [-0.05, 0) is 71.4 Å². The van der Waals surface area contributed by atoms with Gasteiger partial charge in [0.05, 0.1) is 0 Å². The van der Waals surface area contributed by atoms with Crippen LogP contribution in [-0.2, 0) is 20.7 Å². The lowest BCUT2D eigenvalue weighted by atomic mass is 9.96. The fraction of sp³-hybridized carbons (Fsp3) is 0.679. The Bertz CT molecular complexity index is 828. The maximum Gasteiger partial charge on any atom is 0.408 e. The number of alkyl carbamates (subject to hydrolysis) is 1. The highest BCUT2D eigenvalue weighted by Gasteiger charge is 2.39. The van der Waals surface area contributed by atoms with Crippen molar-refractivity contribution in [3.05, 3.63) is 35.4 Å². The van der Waals surface area contributed by atoms with Crippen LogP contribution >= 0.6 is 0 Å². The van der Waals surface area contributed by atoms with Gasteiger partial charge in [-0.2, -0.15) is 0 Å². The van der Waals surface area contributed by atoms with E-state index in [-0.39, 0.29) is 29.8 Å². The molecule has 198 valence electrons. The van der Waals surface area contributed by atoms with Crippen LogP contribution in [0.25, 0.3) is 0 Å². The largest absolute Gasteiger partial charge is 0.444 e. The van der Waals surface area contributed by atoms with Crippen molar-refractivity contribution in [1.82, 2.24) is 15.5 Å². The van der Waals surface area contributed by atoms with Crippen molar-refractivity contribution in [2.45, 2.75) is 118 Å². The first kappa shape index (κ1) is 30.5. The minimum absolute atomic E-state index is 0.0187. The van der Waals surface area contributed by atoms with Crippen molar-refractivity contribution in [1.29, 1.82) is 0 Å². The summed E-state index contributed by atoms with van der Waals surface area (Å²) in [6.45, 7) is 19.0. The minimum Gasteiger partial charge on any atom is -0.444 e. The molecule has 0 aliphatic rings. The van der Waals surface area contributed by atoms with E-state index in [1.807, 2.05) is 58.9 Å². The van der Waals surface area contributed by atoms with Gasteiger partial charge in [0.25, 0.3) is 0 Å². The van der Waals surface area contributed by atoms with Crippen molar-refractivity contribution in [2.24, 2.45) is 5.92 Å². The van der Waals surface area contributed by atoms with Crippen LogP contribution in [0.3, 0.4) is 0 Å². The van der Waals surface area contributed by atoms with Crippen LogP contribution in [0.1, 0.15) is 99.2 Å². The van der Waals surface area contributed by atoms with Gasteiger partial charge in [0.1, 0.15) is 17.7 Å². The Morgan fingerprint density at radius 1 is 0.943 bits per heavy atom.